The number of rotatable bonds is 3. The van der Waals surface area contributed by atoms with E-state index in [1.54, 1.807) is 12.3 Å². The molecule has 0 atom stereocenters. The lowest BCUT2D eigenvalue weighted by Crippen LogP contribution is -2.02. The Bertz CT molecular complexity index is 1530. The molecule has 5 heteroatoms. The number of aromatic nitrogens is 3. The maximum atomic E-state index is 14.8. The Morgan fingerprint density at radius 2 is 1.70 bits per heavy atom. The number of para-hydroxylation sites is 2. The van der Waals surface area contributed by atoms with Crippen LogP contribution in [0.1, 0.15) is 5.56 Å². The molecular weight excluding hydrogens is 393 g/mol. The lowest BCUT2D eigenvalue weighted by atomic mass is 10.1. The van der Waals surface area contributed by atoms with Crippen LogP contribution in [0.2, 0.25) is 0 Å². The van der Waals surface area contributed by atoms with E-state index in [4.69, 9.17) is 4.98 Å². The first kappa shape index (κ1) is 17.3. The zero-order chi connectivity index (χ0) is 20.1. The number of fused-ring (bicyclic) bond motifs is 4. The van der Waals surface area contributed by atoms with Crippen LogP contribution in [-0.2, 0) is 6.54 Å². The Kier molecular flexibility index (Phi) is 3.89. The van der Waals surface area contributed by atoms with Gasteiger partial charge in [-0.1, -0.05) is 42.5 Å². The van der Waals surface area contributed by atoms with Crippen molar-refractivity contribution in [3.8, 4) is 11.4 Å². The summed E-state index contributed by atoms with van der Waals surface area (Å²) in [5, 5.41) is 1.47. The smallest absolute Gasteiger partial charge is 0.142 e. The van der Waals surface area contributed by atoms with E-state index >= 15 is 0 Å². The van der Waals surface area contributed by atoms with Gasteiger partial charge in [-0.2, -0.15) is 0 Å². The fourth-order valence-electron chi connectivity index (χ4n) is 4.06. The molecule has 0 amide bonds. The summed E-state index contributed by atoms with van der Waals surface area (Å²) in [5.41, 5.74) is 4.12. The minimum atomic E-state index is -0.223. The summed E-state index contributed by atoms with van der Waals surface area (Å²) in [6.45, 7) is 0.693. The highest BCUT2D eigenvalue weighted by Gasteiger charge is 2.19. The second kappa shape index (κ2) is 6.75. The van der Waals surface area contributed by atoms with Crippen molar-refractivity contribution < 1.29 is 4.39 Å². The lowest BCUT2D eigenvalue weighted by Gasteiger charge is -2.11. The summed E-state index contributed by atoms with van der Waals surface area (Å²) in [4.78, 5) is 10.2. The Morgan fingerprint density at radius 3 is 2.60 bits per heavy atom. The monoisotopic (exact) mass is 409 g/mol. The molecule has 0 fully saturated rings. The third-order valence-electron chi connectivity index (χ3n) is 5.43. The van der Waals surface area contributed by atoms with Gasteiger partial charge < -0.3 is 4.57 Å². The number of nitrogens with zero attached hydrogens (tertiary/aromatic N) is 3. The quantitative estimate of drug-likeness (QED) is 0.327. The number of hydrogen-bond donors (Lipinski definition) is 0. The molecule has 3 heterocycles. The molecule has 3 aromatic carbocycles. The SMILES string of the molecule is Fc1ccc(-c2nc3ccccc3n2Cc2ccccc2)c2sc3ncccc3c12. The minimum Gasteiger partial charge on any atom is -0.319 e. The van der Waals surface area contributed by atoms with E-state index in [1.807, 2.05) is 54.6 Å². The van der Waals surface area contributed by atoms with Gasteiger partial charge in [0.2, 0.25) is 0 Å². The highest BCUT2D eigenvalue weighted by Crippen LogP contribution is 2.40. The van der Waals surface area contributed by atoms with E-state index < -0.39 is 0 Å². The number of benzene rings is 3. The van der Waals surface area contributed by atoms with E-state index in [-0.39, 0.29) is 5.82 Å². The molecule has 0 saturated heterocycles. The summed E-state index contributed by atoms with van der Waals surface area (Å²) in [7, 11) is 0. The van der Waals surface area contributed by atoms with Crippen LogP contribution < -0.4 is 0 Å². The molecule has 0 saturated carbocycles. The van der Waals surface area contributed by atoms with Gasteiger partial charge in [0.15, 0.2) is 0 Å². The van der Waals surface area contributed by atoms with Crippen LogP contribution in [0.15, 0.2) is 85.1 Å². The van der Waals surface area contributed by atoms with E-state index in [2.05, 4.69) is 27.8 Å². The van der Waals surface area contributed by atoms with Gasteiger partial charge in [-0.15, -0.1) is 11.3 Å². The zero-order valence-corrected chi connectivity index (χ0v) is 16.7. The van der Waals surface area contributed by atoms with Crippen molar-refractivity contribution in [1.29, 1.82) is 0 Å². The van der Waals surface area contributed by atoms with Crippen LogP contribution in [0.5, 0.6) is 0 Å². The molecule has 0 N–H and O–H groups in total. The molecule has 0 bridgehead atoms. The molecule has 0 radical (unpaired) electrons. The van der Waals surface area contributed by atoms with E-state index in [0.717, 1.165) is 37.3 Å². The van der Waals surface area contributed by atoms with E-state index in [0.29, 0.717) is 11.9 Å². The van der Waals surface area contributed by atoms with Crippen molar-refractivity contribution in [3.05, 3.63) is 96.4 Å². The Hall–Kier alpha value is -3.57. The molecule has 30 heavy (non-hydrogen) atoms. The number of imidazole rings is 1. The molecule has 144 valence electrons. The lowest BCUT2D eigenvalue weighted by molar-refractivity contribution is 0.641. The average Bonchev–Trinajstić information content (AvgIpc) is 3.34. The van der Waals surface area contributed by atoms with Gasteiger partial charge >= 0.3 is 0 Å². The fraction of sp³-hybridized carbons (Fsp3) is 0.0400. The summed E-state index contributed by atoms with van der Waals surface area (Å²) in [6, 6.07) is 25.6. The van der Waals surface area contributed by atoms with Gasteiger partial charge in [0, 0.05) is 29.1 Å². The molecule has 0 aliphatic rings. The van der Waals surface area contributed by atoms with Gasteiger partial charge in [0.1, 0.15) is 16.5 Å². The Labute approximate surface area is 176 Å². The van der Waals surface area contributed by atoms with Crippen molar-refractivity contribution in [1.82, 2.24) is 14.5 Å². The number of thiophene rings is 1. The first-order chi connectivity index (χ1) is 14.8. The van der Waals surface area contributed by atoms with Crippen LogP contribution in [0, 0.1) is 5.82 Å². The van der Waals surface area contributed by atoms with Gasteiger partial charge in [-0.3, -0.25) is 0 Å². The van der Waals surface area contributed by atoms with Crippen LogP contribution in [0.4, 0.5) is 4.39 Å². The summed E-state index contributed by atoms with van der Waals surface area (Å²) < 4.78 is 17.9. The molecule has 3 nitrogen and oxygen atoms in total. The summed E-state index contributed by atoms with van der Waals surface area (Å²) >= 11 is 1.52. The Morgan fingerprint density at radius 1 is 0.867 bits per heavy atom. The fourth-order valence-corrected chi connectivity index (χ4v) is 5.22. The average molecular weight is 409 g/mol. The van der Waals surface area contributed by atoms with Crippen LogP contribution >= 0.6 is 11.3 Å². The van der Waals surface area contributed by atoms with Crippen LogP contribution in [-0.4, -0.2) is 14.5 Å². The number of hydrogen-bond acceptors (Lipinski definition) is 3. The van der Waals surface area contributed by atoms with Gasteiger partial charge in [-0.25, -0.2) is 14.4 Å². The molecule has 0 aliphatic heterocycles. The molecular formula is C25H16FN3S. The van der Waals surface area contributed by atoms with Crippen LogP contribution in [0.25, 0.3) is 42.7 Å². The van der Waals surface area contributed by atoms with E-state index in [1.165, 1.54) is 16.9 Å². The maximum absolute atomic E-state index is 14.8. The predicted octanol–water partition coefficient (Wildman–Crippen LogP) is 6.65. The summed E-state index contributed by atoms with van der Waals surface area (Å²) in [5.74, 6) is 0.621. The second-order valence-electron chi connectivity index (χ2n) is 7.25. The molecule has 0 spiro atoms. The topological polar surface area (TPSA) is 30.7 Å². The third kappa shape index (κ3) is 2.63. The maximum Gasteiger partial charge on any atom is 0.142 e. The van der Waals surface area contributed by atoms with Crippen molar-refractivity contribution in [3.63, 3.8) is 0 Å². The second-order valence-corrected chi connectivity index (χ2v) is 8.25. The molecule has 6 rings (SSSR count). The molecule has 0 aliphatic carbocycles. The van der Waals surface area contributed by atoms with Gasteiger partial charge in [-0.05, 0) is 42.0 Å². The zero-order valence-electron chi connectivity index (χ0n) is 15.9. The van der Waals surface area contributed by atoms with Gasteiger partial charge in [0.25, 0.3) is 0 Å². The highest BCUT2D eigenvalue weighted by atomic mass is 32.1. The standard InChI is InChI=1S/C25H16FN3S/c26-19-13-12-18(23-22(19)17-9-6-14-27-25(17)30-23)24-28-20-10-4-5-11-21(20)29(24)15-16-7-2-1-3-8-16/h1-14H,15H2. The van der Waals surface area contributed by atoms with Gasteiger partial charge in [0.05, 0.1) is 15.7 Å². The first-order valence-electron chi connectivity index (χ1n) is 9.75. The first-order valence-corrected chi connectivity index (χ1v) is 10.6. The Balaban J connectivity index is 1.67. The molecule has 6 aromatic rings. The number of pyridine rings is 1. The number of halogens is 1. The highest BCUT2D eigenvalue weighted by molar-refractivity contribution is 7.26. The van der Waals surface area contributed by atoms with E-state index in [9.17, 15) is 4.39 Å². The minimum absolute atomic E-state index is 0.223. The largest absolute Gasteiger partial charge is 0.319 e. The predicted molar refractivity (Wildman–Crippen MR) is 121 cm³/mol. The van der Waals surface area contributed by atoms with Crippen molar-refractivity contribution in [2.24, 2.45) is 0 Å². The third-order valence-corrected chi connectivity index (χ3v) is 6.57. The van der Waals surface area contributed by atoms with Crippen molar-refractivity contribution in [2.45, 2.75) is 6.54 Å². The normalized spacial score (nSPS) is 11.6. The van der Waals surface area contributed by atoms with Crippen molar-refractivity contribution in [2.75, 3.05) is 0 Å². The molecule has 3 aromatic heterocycles. The molecule has 0 unspecified atom stereocenters. The summed E-state index contributed by atoms with van der Waals surface area (Å²) in [6.07, 6.45) is 1.75. The van der Waals surface area contributed by atoms with Crippen LogP contribution in [0.3, 0.4) is 0 Å². The van der Waals surface area contributed by atoms with Crippen molar-refractivity contribution >= 4 is 42.7 Å².